The summed E-state index contributed by atoms with van der Waals surface area (Å²) in [6, 6.07) is 9.84. The number of nitrogens with zero attached hydrogens (tertiary/aromatic N) is 4. The molecule has 21 heavy (non-hydrogen) atoms. The SMILES string of the molecule is Br.Nc1nc(N)c2nc(CNc3ccccc3)cnc2n1. The number of nitrogens with one attached hydrogen (secondary N) is 1. The molecule has 0 atom stereocenters. The fourth-order valence-electron chi connectivity index (χ4n) is 1.82. The molecule has 8 heteroatoms. The highest BCUT2D eigenvalue weighted by molar-refractivity contribution is 8.93. The minimum absolute atomic E-state index is 0. The van der Waals surface area contributed by atoms with Gasteiger partial charge in [0.05, 0.1) is 18.4 Å². The smallest absolute Gasteiger partial charge is 0.224 e. The molecule has 2 heterocycles. The van der Waals surface area contributed by atoms with Crippen molar-refractivity contribution in [2.75, 3.05) is 16.8 Å². The van der Waals surface area contributed by atoms with Crippen molar-refractivity contribution >= 4 is 45.6 Å². The van der Waals surface area contributed by atoms with Crippen molar-refractivity contribution in [2.45, 2.75) is 6.54 Å². The minimum Gasteiger partial charge on any atom is -0.382 e. The van der Waals surface area contributed by atoms with Gasteiger partial charge in [0.15, 0.2) is 17.0 Å². The lowest BCUT2D eigenvalue weighted by Crippen LogP contribution is -2.06. The lowest BCUT2D eigenvalue weighted by molar-refractivity contribution is 1.03. The maximum absolute atomic E-state index is 5.78. The van der Waals surface area contributed by atoms with Crippen molar-refractivity contribution < 1.29 is 0 Å². The molecule has 0 aliphatic rings. The number of nitrogen functional groups attached to an aromatic ring is 2. The Morgan fingerprint density at radius 3 is 2.52 bits per heavy atom. The lowest BCUT2D eigenvalue weighted by Gasteiger charge is -2.07. The third-order valence-corrected chi connectivity index (χ3v) is 2.75. The maximum atomic E-state index is 5.78. The van der Waals surface area contributed by atoms with Gasteiger partial charge in [-0.15, -0.1) is 17.0 Å². The molecule has 0 bridgehead atoms. The van der Waals surface area contributed by atoms with Crippen LogP contribution in [-0.4, -0.2) is 19.9 Å². The van der Waals surface area contributed by atoms with Crippen molar-refractivity contribution in [3.8, 4) is 0 Å². The third kappa shape index (κ3) is 3.34. The number of halogens is 1. The summed E-state index contributed by atoms with van der Waals surface area (Å²) in [6.07, 6.45) is 1.64. The number of hydrogen-bond donors (Lipinski definition) is 3. The summed E-state index contributed by atoms with van der Waals surface area (Å²) in [7, 11) is 0. The summed E-state index contributed by atoms with van der Waals surface area (Å²) >= 11 is 0. The van der Waals surface area contributed by atoms with Crippen LogP contribution in [0.2, 0.25) is 0 Å². The van der Waals surface area contributed by atoms with Crippen LogP contribution >= 0.6 is 17.0 Å². The number of para-hydroxylation sites is 1. The summed E-state index contributed by atoms with van der Waals surface area (Å²) < 4.78 is 0. The summed E-state index contributed by atoms with van der Waals surface area (Å²) in [5.74, 6) is 0.334. The standard InChI is InChI=1S/C13H13N7.BrH/c14-11-10-12(20-13(15)19-11)17-7-9(18-10)6-16-8-4-2-1-3-5-8;/h1-5,7,16H,6H2,(H4,14,15,17,19,20);1H. The molecule has 0 aliphatic heterocycles. The number of benzene rings is 1. The van der Waals surface area contributed by atoms with Crippen molar-refractivity contribution in [1.82, 2.24) is 19.9 Å². The minimum atomic E-state index is 0. The Kier molecular flexibility index (Phi) is 4.49. The average molecular weight is 348 g/mol. The number of fused-ring (bicyclic) bond motifs is 1. The molecule has 0 fully saturated rings. The summed E-state index contributed by atoms with van der Waals surface area (Å²) in [5.41, 5.74) is 13.9. The quantitative estimate of drug-likeness (QED) is 0.661. The molecule has 1 aromatic carbocycles. The first-order valence-corrected chi connectivity index (χ1v) is 6.06. The predicted molar refractivity (Wildman–Crippen MR) is 88.0 cm³/mol. The van der Waals surface area contributed by atoms with E-state index in [1.54, 1.807) is 6.20 Å². The van der Waals surface area contributed by atoms with Gasteiger partial charge in [-0.3, -0.25) is 0 Å². The molecule has 0 saturated carbocycles. The van der Waals surface area contributed by atoms with E-state index >= 15 is 0 Å². The van der Waals surface area contributed by atoms with Crippen LogP contribution < -0.4 is 16.8 Å². The highest BCUT2D eigenvalue weighted by atomic mass is 79.9. The second kappa shape index (κ2) is 6.31. The molecule has 5 N–H and O–H groups in total. The molecule has 0 saturated heterocycles. The largest absolute Gasteiger partial charge is 0.382 e. The number of nitrogens with two attached hydrogens (primary N) is 2. The second-order valence-corrected chi connectivity index (χ2v) is 4.22. The molecular weight excluding hydrogens is 334 g/mol. The van der Waals surface area contributed by atoms with Gasteiger partial charge in [-0.2, -0.15) is 9.97 Å². The molecule has 0 amide bonds. The van der Waals surface area contributed by atoms with Crippen LogP contribution in [0.15, 0.2) is 36.5 Å². The van der Waals surface area contributed by atoms with Crippen LogP contribution in [0.5, 0.6) is 0 Å². The summed E-state index contributed by atoms with van der Waals surface area (Å²) in [4.78, 5) is 16.5. The normalized spacial score (nSPS) is 10.1. The Morgan fingerprint density at radius 2 is 1.76 bits per heavy atom. The molecule has 3 aromatic rings. The fraction of sp³-hybridized carbons (Fsp3) is 0.0769. The Morgan fingerprint density at radius 1 is 1.00 bits per heavy atom. The zero-order valence-electron chi connectivity index (χ0n) is 11.0. The predicted octanol–water partition coefficient (Wildman–Crippen LogP) is 1.77. The number of anilines is 3. The van der Waals surface area contributed by atoms with E-state index in [1.807, 2.05) is 30.3 Å². The molecule has 0 radical (unpaired) electrons. The third-order valence-electron chi connectivity index (χ3n) is 2.75. The Bertz CT molecular complexity index is 748. The van der Waals surface area contributed by atoms with Gasteiger partial charge < -0.3 is 16.8 Å². The first-order valence-electron chi connectivity index (χ1n) is 6.06. The molecule has 3 rings (SSSR count). The van der Waals surface area contributed by atoms with E-state index in [4.69, 9.17) is 11.5 Å². The highest BCUT2D eigenvalue weighted by Crippen LogP contribution is 2.15. The van der Waals surface area contributed by atoms with Crippen LogP contribution in [0.1, 0.15) is 5.69 Å². The number of aromatic nitrogens is 4. The molecule has 2 aromatic heterocycles. The van der Waals surface area contributed by atoms with Gasteiger partial charge in [0.25, 0.3) is 0 Å². The topological polar surface area (TPSA) is 116 Å². The van der Waals surface area contributed by atoms with Gasteiger partial charge in [0.2, 0.25) is 5.95 Å². The van der Waals surface area contributed by atoms with Crippen molar-refractivity contribution in [2.24, 2.45) is 0 Å². The molecule has 0 spiro atoms. The molecule has 0 unspecified atom stereocenters. The summed E-state index contributed by atoms with van der Waals surface area (Å²) in [5, 5.41) is 3.25. The first kappa shape index (κ1) is 14.9. The van der Waals surface area contributed by atoms with E-state index in [9.17, 15) is 0 Å². The second-order valence-electron chi connectivity index (χ2n) is 4.22. The molecule has 7 nitrogen and oxygen atoms in total. The molecule has 108 valence electrons. The molecule has 0 aliphatic carbocycles. The van der Waals surface area contributed by atoms with Gasteiger partial charge in [-0.25, -0.2) is 9.97 Å². The van der Waals surface area contributed by atoms with Crippen molar-refractivity contribution in [1.29, 1.82) is 0 Å². The van der Waals surface area contributed by atoms with Crippen LogP contribution in [0.4, 0.5) is 17.5 Å². The number of hydrogen-bond acceptors (Lipinski definition) is 7. The lowest BCUT2D eigenvalue weighted by atomic mass is 10.3. The van der Waals surface area contributed by atoms with Crippen LogP contribution in [-0.2, 0) is 6.54 Å². The molecular formula is C13H14BrN7. The van der Waals surface area contributed by atoms with Crippen molar-refractivity contribution in [3.05, 3.63) is 42.2 Å². The Hall–Kier alpha value is -2.48. The Labute approximate surface area is 131 Å². The van der Waals surface area contributed by atoms with Gasteiger partial charge >= 0.3 is 0 Å². The zero-order chi connectivity index (χ0) is 13.9. The fourth-order valence-corrected chi connectivity index (χ4v) is 1.82. The van der Waals surface area contributed by atoms with E-state index in [2.05, 4.69) is 25.3 Å². The first-order chi connectivity index (χ1) is 9.72. The van der Waals surface area contributed by atoms with Gasteiger partial charge in [-0.05, 0) is 12.1 Å². The number of rotatable bonds is 3. The maximum Gasteiger partial charge on any atom is 0.224 e. The highest BCUT2D eigenvalue weighted by Gasteiger charge is 2.07. The van der Waals surface area contributed by atoms with E-state index in [0.717, 1.165) is 11.4 Å². The van der Waals surface area contributed by atoms with Gasteiger partial charge in [0, 0.05) is 5.69 Å². The summed E-state index contributed by atoms with van der Waals surface area (Å²) in [6.45, 7) is 0.538. The van der Waals surface area contributed by atoms with Crippen molar-refractivity contribution in [3.63, 3.8) is 0 Å². The van der Waals surface area contributed by atoms with Crippen LogP contribution in [0.3, 0.4) is 0 Å². The van der Waals surface area contributed by atoms with E-state index in [0.29, 0.717) is 17.7 Å². The average Bonchev–Trinajstić information content (AvgIpc) is 2.46. The van der Waals surface area contributed by atoms with Gasteiger partial charge in [-0.1, -0.05) is 18.2 Å². The van der Waals surface area contributed by atoms with E-state index in [1.165, 1.54) is 0 Å². The zero-order valence-corrected chi connectivity index (χ0v) is 12.7. The van der Waals surface area contributed by atoms with Crippen LogP contribution in [0, 0.1) is 0 Å². The van der Waals surface area contributed by atoms with Gasteiger partial charge in [0.1, 0.15) is 0 Å². The monoisotopic (exact) mass is 347 g/mol. The van der Waals surface area contributed by atoms with E-state index < -0.39 is 0 Å². The van der Waals surface area contributed by atoms with Crippen LogP contribution in [0.25, 0.3) is 11.2 Å². The van der Waals surface area contributed by atoms with E-state index in [-0.39, 0.29) is 28.7 Å². The Balaban J connectivity index is 0.00000161.